The molecule has 0 fully saturated rings. The van der Waals surface area contributed by atoms with E-state index in [1.165, 1.54) is 0 Å². The van der Waals surface area contributed by atoms with E-state index in [2.05, 4.69) is 12.6 Å². The normalized spacial score (nSPS) is 9.42. The summed E-state index contributed by atoms with van der Waals surface area (Å²) in [7, 11) is 0. The van der Waals surface area contributed by atoms with E-state index in [1.54, 1.807) is 12.1 Å². The summed E-state index contributed by atoms with van der Waals surface area (Å²) in [5.74, 6) is 0.180. The quantitative estimate of drug-likeness (QED) is 0.648. The van der Waals surface area contributed by atoms with E-state index in [4.69, 9.17) is 5.26 Å². The Hall–Kier alpha value is -1.14. The van der Waals surface area contributed by atoms with Crippen molar-refractivity contribution < 1.29 is 5.11 Å². The Kier molecular flexibility index (Phi) is 2.61. The van der Waals surface area contributed by atoms with Crippen LogP contribution in [0.2, 0.25) is 0 Å². The SMILES string of the molecule is CCc1cc(C#N)cc(S)c1O. The molecule has 0 atom stereocenters. The van der Waals surface area contributed by atoms with Gasteiger partial charge in [-0.2, -0.15) is 5.26 Å². The van der Waals surface area contributed by atoms with E-state index in [0.717, 1.165) is 5.56 Å². The molecule has 0 amide bonds. The highest BCUT2D eigenvalue weighted by Crippen LogP contribution is 2.27. The van der Waals surface area contributed by atoms with Crippen LogP contribution in [0.4, 0.5) is 0 Å². The first-order chi connectivity index (χ1) is 5.69. The second-order valence-electron chi connectivity index (χ2n) is 2.47. The van der Waals surface area contributed by atoms with E-state index in [9.17, 15) is 5.11 Å². The first kappa shape index (κ1) is 8.95. The van der Waals surface area contributed by atoms with Crippen molar-refractivity contribution in [3.8, 4) is 11.8 Å². The van der Waals surface area contributed by atoms with Crippen LogP contribution in [0.3, 0.4) is 0 Å². The molecule has 0 aliphatic heterocycles. The van der Waals surface area contributed by atoms with Gasteiger partial charge in [0.25, 0.3) is 0 Å². The maximum Gasteiger partial charge on any atom is 0.132 e. The fourth-order valence-corrected chi connectivity index (χ4v) is 1.29. The zero-order valence-corrected chi connectivity index (χ0v) is 7.60. The van der Waals surface area contributed by atoms with E-state index >= 15 is 0 Å². The fourth-order valence-electron chi connectivity index (χ4n) is 1.01. The molecule has 2 nitrogen and oxygen atoms in total. The number of aryl methyl sites for hydroxylation is 1. The maximum atomic E-state index is 9.43. The van der Waals surface area contributed by atoms with Crippen molar-refractivity contribution >= 4 is 12.6 Å². The van der Waals surface area contributed by atoms with Gasteiger partial charge in [-0.05, 0) is 24.1 Å². The second kappa shape index (κ2) is 3.51. The average molecular weight is 179 g/mol. The van der Waals surface area contributed by atoms with Gasteiger partial charge in [0, 0.05) is 4.90 Å². The molecule has 3 heteroatoms. The molecule has 0 aliphatic rings. The molecule has 0 spiro atoms. The van der Waals surface area contributed by atoms with Crippen LogP contribution in [0.15, 0.2) is 17.0 Å². The first-order valence-corrected chi connectivity index (χ1v) is 4.08. The largest absolute Gasteiger partial charge is 0.507 e. The molecule has 0 unspecified atom stereocenters. The molecule has 1 aromatic carbocycles. The third-order valence-electron chi connectivity index (χ3n) is 1.68. The number of aromatic hydroxyl groups is 1. The van der Waals surface area contributed by atoms with Crippen molar-refractivity contribution in [3.05, 3.63) is 23.3 Å². The number of hydrogen-bond acceptors (Lipinski definition) is 3. The highest BCUT2D eigenvalue weighted by atomic mass is 32.1. The van der Waals surface area contributed by atoms with E-state index in [1.807, 2.05) is 13.0 Å². The van der Waals surface area contributed by atoms with Crippen molar-refractivity contribution in [1.29, 1.82) is 5.26 Å². The van der Waals surface area contributed by atoms with Gasteiger partial charge in [-0.3, -0.25) is 0 Å². The standard InChI is InChI=1S/C9H9NOS/c1-2-7-3-6(5-10)4-8(12)9(7)11/h3-4,11-12H,2H2,1H3. The van der Waals surface area contributed by atoms with Crippen LogP contribution in [0.1, 0.15) is 18.1 Å². The number of phenols is 1. The Morgan fingerprint density at radius 3 is 2.75 bits per heavy atom. The molecule has 62 valence electrons. The van der Waals surface area contributed by atoms with Crippen LogP contribution in [0, 0.1) is 11.3 Å². The maximum absolute atomic E-state index is 9.43. The van der Waals surface area contributed by atoms with Gasteiger partial charge in [0.05, 0.1) is 11.6 Å². The van der Waals surface area contributed by atoms with Gasteiger partial charge in [0.15, 0.2) is 0 Å². The smallest absolute Gasteiger partial charge is 0.132 e. The lowest BCUT2D eigenvalue weighted by Gasteiger charge is -2.04. The van der Waals surface area contributed by atoms with Crippen molar-refractivity contribution in [3.63, 3.8) is 0 Å². The summed E-state index contributed by atoms with van der Waals surface area (Å²) >= 11 is 4.04. The zero-order valence-electron chi connectivity index (χ0n) is 6.70. The Morgan fingerprint density at radius 1 is 1.58 bits per heavy atom. The van der Waals surface area contributed by atoms with Crippen LogP contribution >= 0.6 is 12.6 Å². The van der Waals surface area contributed by atoms with Crippen molar-refractivity contribution in [2.75, 3.05) is 0 Å². The monoisotopic (exact) mass is 179 g/mol. The highest BCUT2D eigenvalue weighted by molar-refractivity contribution is 7.80. The highest BCUT2D eigenvalue weighted by Gasteiger charge is 2.04. The second-order valence-corrected chi connectivity index (χ2v) is 2.95. The molecule has 0 bridgehead atoms. The third-order valence-corrected chi connectivity index (χ3v) is 2.02. The first-order valence-electron chi connectivity index (χ1n) is 3.64. The summed E-state index contributed by atoms with van der Waals surface area (Å²) in [6, 6.07) is 5.24. The van der Waals surface area contributed by atoms with E-state index in [0.29, 0.717) is 16.9 Å². The molecular weight excluding hydrogens is 170 g/mol. The average Bonchev–Trinajstić information content (AvgIpc) is 2.09. The summed E-state index contributed by atoms with van der Waals surface area (Å²) in [5, 5.41) is 18.0. The number of nitrogens with zero attached hydrogens (tertiary/aromatic N) is 1. The van der Waals surface area contributed by atoms with Crippen LogP contribution in [0.25, 0.3) is 0 Å². The molecule has 0 saturated carbocycles. The molecule has 12 heavy (non-hydrogen) atoms. The Labute approximate surface area is 76.9 Å². The number of rotatable bonds is 1. The van der Waals surface area contributed by atoms with Gasteiger partial charge >= 0.3 is 0 Å². The molecule has 0 aromatic heterocycles. The van der Waals surface area contributed by atoms with Gasteiger partial charge < -0.3 is 5.11 Å². The van der Waals surface area contributed by atoms with Crippen molar-refractivity contribution in [1.82, 2.24) is 0 Å². The topological polar surface area (TPSA) is 44.0 Å². The number of thiol groups is 1. The number of benzene rings is 1. The fraction of sp³-hybridized carbons (Fsp3) is 0.222. The lowest BCUT2D eigenvalue weighted by Crippen LogP contribution is -1.85. The molecule has 0 heterocycles. The van der Waals surface area contributed by atoms with E-state index in [-0.39, 0.29) is 5.75 Å². The minimum atomic E-state index is 0.180. The van der Waals surface area contributed by atoms with Gasteiger partial charge in [0.2, 0.25) is 0 Å². The van der Waals surface area contributed by atoms with Crippen molar-refractivity contribution in [2.45, 2.75) is 18.2 Å². The number of nitriles is 1. The molecule has 0 aliphatic carbocycles. The van der Waals surface area contributed by atoms with Crippen LogP contribution in [-0.4, -0.2) is 5.11 Å². The molecule has 0 radical (unpaired) electrons. The lowest BCUT2D eigenvalue weighted by atomic mass is 10.1. The van der Waals surface area contributed by atoms with Gasteiger partial charge in [0.1, 0.15) is 5.75 Å². The van der Waals surface area contributed by atoms with Gasteiger partial charge in [-0.1, -0.05) is 6.92 Å². The molecule has 1 N–H and O–H groups in total. The Morgan fingerprint density at radius 2 is 2.25 bits per heavy atom. The molecule has 0 saturated heterocycles. The van der Waals surface area contributed by atoms with Crippen LogP contribution in [-0.2, 0) is 6.42 Å². The summed E-state index contributed by atoms with van der Waals surface area (Å²) < 4.78 is 0. The molecule has 1 rings (SSSR count). The van der Waals surface area contributed by atoms with E-state index < -0.39 is 0 Å². The summed E-state index contributed by atoms with van der Waals surface area (Å²) in [4.78, 5) is 0.464. The van der Waals surface area contributed by atoms with Gasteiger partial charge in [-0.25, -0.2) is 0 Å². The Balaban J connectivity index is 3.31. The number of phenolic OH excluding ortho intramolecular Hbond substituents is 1. The van der Waals surface area contributed by atoms with Crippen LogP contribution in [0.5, 0.6) is 5.75 Å². The van der Waals surface area contributed by atoms with Gasteiger partial charge in [-0.15, -0.1) is 12.6 Å². The number of hydrogen-bond donors (Lipinski definition) is 2. The van der Waals surface area contributed by atoms with Crippen LogP contribution < -0.4 is 0 Å². The summed E-state index contributed by atoms with van der Waals surface area (Å²) in [6.07, 6.45) is 0.703. The predicted octanol–water partition coefficient (Wildman–Crippen LogP) is 2.11. The minimum Gasteiger partial charge on any atom is -0.507 e. The molecular formula is C9H9NOS. The zero-order chi connectivity index (χ0) is 9.14. The molecule has 1 aromatic rings. The third kappa shape index (κ3) is 1.54. The lowest BCUT2D eigenvalue weighted by molar-refractivity contribution is 0.456. The predicted molar refractivity (Wildman–Crippen MR) is 49.5 cm³/mol. The Bertz CT molecular complexity index is 341. The van der Waals surface area contributed by atoms with Crippen molar-refractivity contribution in [2.24, 2.45) is 0 Å². The summed E-state index contributed by atoms with van der Waals surface area (Å²) in [5.41, 5.74) is 1.30. The minimum absolute atomic E-state index is 0.180. The summed E-state index contributed by atoms with van der Waals surface area (Å²) in [6.45, 7) is 1.92.